The van der Waals surface area contributed by atoms with E-state index in [1.807, 2.05) is 0 Å². The number of carbonyl (C=O) groups excluding carboxylic acids is 2. The van der Waals surface area contributed by atoms with E-state index in [4.69, 9.17) is 11.6 Å². The minimum Gasteiger partial charge on any atom is -0.335 e. The van der Waals surface area contributed by atoms with Crippen LogP contribution in [0.25, 0.3) is 0 Å². The number of carbonyl (C=O) groups is 2. The van der Waals surface area contributed by atoms with Crippen LogP contribution < -0.4 is 5.32 Å². The van der Waals surface area contributed by atoms with Gasteiger partial charge in [0, 0.05) is 25.2 Å². The summed E-state index contributed by atoms with van der Waals surface area (Å²) in [5, 5.41) is 14.2. The number of benzene rings is 2. The second-order valence-electron chi connectivity index (χ2n) is 6.34. The van der Waals surface area contributed by atoms with Gasteiger partial charge in [-0.05, 0) is 19.2 Å². The number of hydrogen-bond acceptors (Lipinski definition) is 5. The highest BCUT2D eigenvalue weighted by atomic mass is 35.5. The van der Waals surface area contributed by atoms with Crippen molar-refractivity contribution < 1.29 is 14.5 Å². The van der Waals surface area contributed by atoms with Gasteiger partial charge in [0.05, 0.1) is 28.7 Å². The summed E-state index contributed by atoms with van der Waals surface area (Å²) in [4.78, 5) is 38.1. The Hall–Kier alpha value is -2.97. The maximum atomic E-state index is 12.4. The molecule has 0 unspecified atom stereocenters. The van der Waals surface area contributed by atoms with Gasteiger partial charge in [0.1, 0.15) is 0 Å². The molecule has 148 valence electrons. The monoisotopic (exact) mass is 404 g/mol. The number of rotatable bonds is 8. The number of para-hydroxylation sites is 2. The lowest BCUT2D eigenvalue weighted by Crippen LogP contribution is -2.40. The summed E-state index contributed by atoms with van der Waals surface area (Å²) in [6.07, 6.45) is 0. The Morgan fingerprint density at radius 3 is 2.39 bits per heavy atom. The van der Waals surface area contributed by atoms with Crippen molar-refractivity contribution in [2.75, 3.05) is 32.5 Å². The number of nitro groups is 1. The average molecular weight is 405 g/mol. The van der Waals surface area contributed by atoms with Crippen LogP contribution >= 0.6 is 11.6 Å². The van der Waals surface area contributed by atoms with Gasteiger partial charge in [-0.1, -0.05) is 41.9 Å². The summed E-state index contributed by atoms with van der Waals surface area (Å²) in [5.74, 6) is -0.652. The van der Waals surface area contributed by atoms with E-state index >= 15 is 0 Å². The highest BCUT2D eigenvalue weighted by Crippen LogP contribution is 2.20. The Bertz CT molecular complexity index is 875. The van der Waals surface area contributed by atoms with Crippen molar-refractivity contribution in [2.24, 2.45) is 0 Å². The van der Waals surface area contributed by atoms with Crippen LogP contribution in [0.2, 0.25) is 5.02 Å². The van der Waals surface area contributed by atoms with Crippen molar-refractivity contribution in [1.29, 1.82) is 0 Å². The molecule has 0 fully saturated rings. The SMILES string of the molecule is CN(CC(=O)N(C)CC(=O)Nc1ccccc1Cl)Cc1ccccc1[N+](=O)[O-]. The van der Waals surface area contributed by atoms with E-state index in [-0.39, 0.29) is 37.1 Å². The fraction of sp³-hybridized carbons (Fsp3) is 0.263. The zero-order valence-electron chi connectivity index (χ0n) is 15.6. The first kappa shape index (κ1) is 21.3. The minimum absolute atomic E-state index is 0.00858. The summed E-state index contributed by atoms with van der Waals surface area (Å²) < 4.78 is 0. The Morgan fingerprint density at radius 2 is 1.71 bits per heavy atom. The van der Waals surface area contributed by atoms with Crippen molar-refractivity contribution in [3.63, 3.8) is 0 Å². The summed E-state index contributed by atoms with van der Waals surface area (Å²) in [6, 6.07) is 13.2. The van der Waals surface area contributed by atoms with Gasteiger partial charge in [-0.3, -0.25) is 24.6 Å². The number of anilines is 1. The molecule has 2 aromatic carbocycles. The fourth-order valence-electron chi connectivity index (χ4n) is 2.58. The third-order valence-electron chi connectivity index (χ3n) is 3.99. The molecular weight excluding hydrogens is 384 g/mol. The molecule has 0 saturated heterocycles. The van der Waals surface area contributed by atoms with E-state index in [1.165, 1.54) is 18.0 Å². The highest BCUT2D eigenvalue weighted by Gasteiger charge is 2.18. The Morgan fingerprint density at radius 1 is 1.07 bits per heavy atom. The zero-order valence-corrected chi connectivity index (χ0v) is 16.3. The molecule has 0 bridgehead atoms. The molecule has 0 heterocycles. The normalized spacial score (nSPS) is 10.6. The largest absolute Gasteiger partial charge is 0.335 e. The molecule has 2 aromatic rings. The molecule has 0 aliphatic rings. The predicted molar refractivity (Wildman–Crippen MR) is 107 cm³/mol. The van der Waals surface area contributed by atoms with Crippen molar-refractivity contribution >= 4 is 34.8 Å². The minimum atomic E-state index is -0.448. The number of halogens is 1. The number of nitrogens with one attached hydrogen (secondary N) is 1. The van der Waals surface area contributed by atoms with Crippen LogP contribution in [-0.2, 0) is 16.1 Å². The Balaban J connectivity index is 1.89. The van der Waals surface area contributed by atoms with Gasteiger partial charge in [0.15, 0.2) is 0 Å². The first-order valence-corrected chi connectivity index (χ1v) is 8.85. The lowest BCUT2D eigenvalue weighted by atomic mass is 10.1. The van der Waals surface area contributed by atoms with E-state index in [2.05, 4.69) is 5.32 Å². The maximum absolute atomic E-state index is 12.4. The number of nitrogens with zero attached hydrogens (tertiary/aromatic N) is 3. The fourth-order valence-corrected chi connectivity index (χ4v) is 2.76. The van der Waals surface area contributed by atoms with Crippen LogP contribution in [0.5, 0.6) is 0 Å². The standard InChI is InChI=1S/C19H21ClN4O4/c1-22(11-14-7-3-6-10-17(14)24(27)28)13-19(26)23(2)12-18(25)21-16-9-5-4-8-15(16)20/h3-10H,11-13H2,1-2H3,(H,21,25). The topological polar surface area (TPSA) is 95.8 Å². The summed E-state index contributed by atoms with van der Waals surface area (Å²) in [6.45, 7) is 0.119. The van der Waals surface area contributed by atoms with E-state index in [9.17, 15) is 19.7 Å². The molecular formula is C19H21ClN4O4. The third-order valence-corrected chi connectivity index (χ3v) is 4.32. The number of nitro benzene ring substituents is 1. The summed E-state index contributed by atoms with van der Waals surface area (Å²) >= 11 is 6.00. The molecule has 0 spiro atoms. The second kappa shape index (κ2) is 9.82. The lowest BCUT2D eigenvalue weighted by Gasteiger charge is -2.21. The molecule has 0 saturated carbocycles. The van der Waals surface area contributed by atoms with Gasteiger partial charge in [-0.25, -0.2) is 0 Å². The van der Waals surface area contributed by atoms with Crippen molar-refractivity contribution in [2.45, 2.75) is 6.54 Å². The number of amides is 2. The third kappa shape index (κ3) is 6.04. The number of hydrogen-bond donors (Lipinski definition) is 1. The van der Waals surface area contributed by atoms with Crippen molar-refractivity contribution in [3.8, 4) is 0 Å². The highest BCUT2D eigenvalue weighted by molar-refractivity contribution is 6.33. The van der Waals surface area contributed by atoms with Crippen LogP contribution in [0.4, 0.5) is 11.4 Å². The van der Waals surface area contributed by atoms with Crippen LogP contribution in [0.1, 0.15) is 5.56 Å². The molecule has 2 amide bonds. The molecule has 0 radical (unpaired) electrons. The van der Waals surface area contributed by atoms with Gasteiger partial charge in [-0.2, -0.15) is 0 Å². The van der Waals surface area contributed by atoms with E-state index in [0.29, 0.717) is 16.3 Å². The van der Waals surface area contributed by atoms with Gasteiger partial charge < -0.3 is 10.2 Å². The van der Waals surface area contributed by atoms with Gasteiger partial charge in [-0.15, -0.1) is 0 Å². The van der Waals surface area contributed by atoms with Gasteiger partial charge in [0.2, 0.25) is 11.8 Å². The van der Waals surface area contributed by atoms with Gasteiger partial charge in [0.25, 0.3) is 5.69 Å². The van der Waals surface area contributed by atoms with Gasteiger partial charge >= 0.3 is 0 Å². The molecule has 8 nitrogen and oxygen atoms in total. The number of likely N-dealkylation sites (N-methyl/N-ethyl adjacent to an activating group) is 2. The predicted octanol–water partition coefficient (Wildman–Crippen LogP) is 2.78. The summed E-state index contributed by atoms with van der Waals surface area (Å²) in [7, 11) is 3.21. The summed E-state index contributed by atoms with van der Waals surface area (Å²) in [5.41, 5.74) is 1.000. The van der Waals surface area contributed by atoms with Crippen molar-refractivity contribution in [3.05, 3.63) is 69.2 Å². The quantitative estimate of drug-likeness (QED) is 0.539. The van der Waals surface area contributed by atoms with Crippen molar-refractivity contribution in [1.82, 2.24) is 9.80 Å². The van der Waals surface area contributed by atoms with Crippen LogP contribution in [-0.4, -0.2) is 53.7 Å². The molecule has 0 aliphatic carbocycles. The maximum Gasteiger partial charge on any atom is 0.273 e. The van der Waals surface area contributed by atoms with Crippen LogP contribution in [0.15, 0.2) is 48.5 Å². The average Bonchev–Trinajstić information content (AvgIpc) is 2.63. The molecule has 0 aromatic heterocycles. The van der Waals surface area contributed by atoms with E-state index < -0.39 is 4.92 Å². The second-order valence-corrected chi connectivity index (χ2v) is 6.74. The van der Waals surface area contributed by atoms with E-state index in [1.54, 1.807) is 54.4 Å². The smallest absolute Gasteiger partial charge is 0.273 e. The molecule has 28 heavy (non-hydrogen) atoms. The first-order valence-electron chi connectivity index (χ1n) is 8.47. The zero-order chi connectivity index (χ0) is 20.7. The Kier molecular flexibility index (Phi) is 7.48. The van der Waals surface area contributed by atoms with Crippen LogP contribution in [0.3, 0.4) is 0 Å². The molecule has 0 atom stereocenters. The molecule has 2 rings (SSSR count). The first-order chi connectivity index (χ1) is 13.3. The molecule has 0 aliphatic heterocycles. The molecule has 1 N–H and O–H groups in total. The molecule has 9 heteroatoms. The van der Waals surface area contributed by atoms with Crippen LogP contribution in [0, 0.1) is 10.1 Å². The van der Waals surface area contributed by atoms with E-state index in [0.717, 1.165) is 0 Å². The Labute approximate surface area is 167 Å². The lowest BCUT2D eigenvalue weighted by molar-refractivity contribution is -0.385.